The molecular weight excluding hydrogens is 275 g/mol. The first-order chi connectivity index (χ1) is 7.22. The molecule has 0 amide bonds. The van der Waals surface area contributed by atoms with Gasteiger partial charge in [0.2, 0.25) is 0 Å². The Morgan fingerprint density at radius 1 is 1.06 bits per heavy atom. The van der Waals surface area contributed by atoms with Crippen molar-refractivity contribution in [1.29, 1.82) is 0 Å². The van der Waals surface area contributed by atoms with Gasteiger partial charge in [-0.05, 0) is 0 Å². The zero-order valence-electron chi connectivity index (χ0n) is 10.1. The van der Waals surface area contributed by atoms with E-state index in [1.54, 1.807) is 0 Å². The SMILES string of the molecule is O=[SH](=O)OCCN1CCN(CCO)CC1.[K+].[OH-]. The number of hydrogen-bond acceptors (Lipinski definition) is 7. The van der Waals surface area contributed by atoms with Crippen LogP contribution in [0.4, 0.5) is 0 Å². The van der Waals surface area contributed by atoms with E-state index in [2.05, 4.69) is 14.0 Å². The molecule has 0 saturated carbocycles. The predicted molar refractivity (Wildman–Crippen MR) is 58.2 cm³/mol. The van der Waals surface area contributed by atoms with E-state index in [1.807, 2.05) is 0 Å². The third-order valence-electron chi connectivity index (χ3n) is 2.49. The molecule has 1 aliphatic heterocycles. The summed E-state index contributed by atoms with van der Waals surface area (Å²) >= 11 is 0. The van der Waals surface area contributed by atoms with Crippen molar-refractivity contribution in [3.05, 3.63) is 0 Å². The molecule has 98 valence electrons. The zero-order valence-corrected chi connectivity index (χ0v) is 14.1. The average molecular weight is 294 g/mol. The zero-order chi connectivity index (χ0) is 11.1. The van der Waals surface area contributed by atoms with Gasteiger partial charge in [-0.1, -0.05) is 0 Å². The van der Waals surface area contributed by atoms with Crippen LogP contribution in [0.2, 0.25) is 0 Å². The molecule has 7 nitrogen and oxygen atoms in total. The predicted octanol–water partition coefficient (Wildman–Crippen LogP) is -5.03. The average Bonchev–Trinajstić information content (AvgIpc) is 2.20. The maximum Gasteiger partial charge on any atom is 1.00 e. The van der Waals surface area contributed by atoms with E-state index in [9.17, 15) is 8.42 Å². The van der Waals surface area contributed by atoms with Gasteiger partial charge in [0.15, 0.2) is 0 Å². The van der Waals surface area contributed by atoms with Gasteiger partial charge in [-0.2, -0.15) is 0 Å². The first kappa shape index (κ1) is 20.7. The Bertz CT molecular complexity index is 238. The minimum Gasteiger partial charge on any atom is -0.870 e. The number of piperazine rings is 1. The van der Waals surface area contributed by atoms with Gasteiger partial charge < -0.3 is 10.6 Å². The van der Waals surface area contributed by atoms with Gasteiger partial charge >= 0.3 is 51.4 Å². The van der Waals surface area contributed by atoms with Crippen LogP contribution in [0.15, 0.2) is 0 Å². The van der Waals surface area contributed by atoms with Crippen LogP contribution >= 0.6 is 0 Å². The number of nitrogens with zero attached hydrogens (tertiary/aromatic N) is 2. The number of hydrogen-bond donors (Lipinski definition) is 2. The van der Waals surface area contributed by atoms with E-state index in [-0.39, 0.29) is 70.1 Å². The van der Waals surface area contributed by atoms with Crippen LogP contribution in [0, 0.1) is 0 Å². The molecule has 0 unspecified atom stereocenters. The quantitative estimate of drug-likeness (QED) is 0.374. The molecule has 0 radical (unpaired) electrons. The van der Waals surface area contributed by atoms with Crippen molar-refractivity contribution in [3.63, 3.8) is 0 Å². The second-order valence-corrected chi connectivity index (χ2v) is 4.17. The van der Waals surface area contributed by atoms with Crippen LogP contribution in [-0.4, -0.2) is 81.3 Å². The van der Waals surface area contributed by atoms with Gasteiger partial charge in [-0.3, -0.25) is 14.0 Å². The largest absolute Gasteiger partial charge is 1.00 e. The van der Waals surface area contributed by atoms with Crippen LogP contribution in [0.1, 0.15) is 0 Å². The third-order valence-corrected chi connectivity index (χ3v) is 2.88. The number of rotatable bonds is 6. The molecule has 0 aromatic rings. The first-order valence-corrected chi connectivity index (χ1v) is 6.15. The van der Waals surface area contributed by atoms with E-state index >= 15 is 0 Å². The van der Waals surface area contributed by atoms with Crippen LogP contribution in [-0.2, 0) is 15.2 Å². The molecule has 0 aliphatic carbocycles. The molecule has 17 heavy (non-hydrogen) atoms. The number of thiol groups is 1. The molecule has 1 rings (SSSR count). The Kier molecular flexibility index (Phi) is 15.1. The molecular formula is C8H19KN2O5S. The normalized spacial score (nSPS) is 17.5. The first-order valence-electron chi connectivity index (χ1n) is 5.05. The Balaban J connectivity index is 0. The standard InChI is InChI=1S/C8H18N2O4S.K.H2O/c11-7-5-9-1-3-10(4-2-9)6-8-14-15(12)13;;/h11,15H,1-8H2;;1H2/q;+1;/p-1. The topological polar surface area (TPSA) is 100 Å². The van der Waals surface area contributed by atoms with Gasteiger partial charge in [0, 0.05) is 39.3 Å². The van der Waals surface area contributed by atoms with Crippen LogP contribution < -0.4 is 51.4 Å². The van der Waals surface area contributed by atoms with E-state index in [0.29, 0.717) is 6.54 Å². The molecule has 0 aromatic heterocycles. The fourth-order valence-electron chi connectivity index (χ4n) is 1.62. The second-order valence-electron chi connectivity index (χ2n) is 3.46. The maximum absolute atomic E-state index is 10.1. The van der Waals surface area contributed by atoms with Gasteiger partial charge in [0.05, 0.1) is 13.2 Å². The molecule has 0 spiro atoms. The van der Waals surface area contributed by atoms with E-state index in [4.69, 9.17) is 5.11 Å². The maximum atomic E-state index is 10.1. The summed E-state index contributed by atoms with van der Waals surface area (Å²) in [5, 5.41) is 8.74. The molecule has 1 heterocycles. The Morgan fingerprint density at radius 2 is 1.53 bits per heavy atom. The molecule has 1 saturated heterocycles. The molecule has 0 aromatic carbocycles. The van der Waals surface area contributed by atoms with Gasteiger partial charge in [0.1, 0.15) is 0 Å². The summed E-state index contributed by atoms with van der Waals surface area (Å²) in [4.78, 5) is 4.35. The van der Waals surface area contributed by atoms with Gasteiger partial charge in [0.25, 0.3) is 11.0 Å². The van der Waals surface area contributed by atoms with Crippen molar-refractivity contribution in [2.24, 2.45) is 0 Å². The molecule has 0 atom stereocenters. The molecule has 9 heteroatoms. The van der Waals surface area contributed by atoms with Crippen molar-refractivity contribution >= 4 is 11.0 Å². The fourth-order valence-corrected chi connectivity index (χ4v) is 1.85. The minimum atomic E-state index is -2.71. The van der Waals surface area contributed by atoms with Crippen LogP contribution in [0.25, 0.3) is 0 Å². The van der Waals surface area contributed by atoms with E-state index in [0.717, 1.165) is 32.7 Å². The number of aliphatic hydroxyl groups is 1. The van der Waals surface area contributed by atoms with Crippen molar-refractivity contribution in [1.82, 2.24) is 9.80 Å². The van der Waals surface area contributed by atoms with Crippen molar-refractivity contribution < 1.29 is 74.6 Å². The summed E-state index contributed by atoms with van der Waals surface area (Å²) in [6, 6.07) is 0. The monoisotopic (exact) mass is 294 g/mol. The van der Waals surface area contributed by atoms with Crippen molar-refractivity contribution in [2.75, 3.05) is 52.5 Å². The Hall–Kier alpha value is 1.39. The summed E-state index contributed by atoms with van der Waals surface area (Å²) in [5.41, 5.74) is 0. The summed E-state index contributed by atoms with van der Waals surface area (Å²) in [6.07, 6.45) is 0. The Morgan fingerprint density at radius 3 is 1.94 bits per heavy atom. The molecule has 0 bridgehead atoms. The van der Waals surface area contributed by atoms with E-state index < -0.39 is 11.0 Å². The van der Waals surface area contributed by atoms with Crippen molar-refractivity contribution in [2.45, 2.75) is 0 Å². The smallest absolute Gasteiger partial charge is 0.870 e. The summed E-state index contributed by atoms with van der Waals surface area (Å²) in [5.74, 6) is 0. The van der Waals surface area contributed by atoms with Gasteiger partial charge in [-0.15, -0.1) is 0 Å². The van der Waals surface area contributed by atoms with Crippen LogP contribution in [0.5, 0.6) is 0 Å². The molecule has 1 fully saturated rings. The number of β-amino-alcohol motifs (C(OH)–C–C–N with tert-alkyl or cyclic N) is 1. The fraction of sp³-hybridized carbons (Fsp3) is 1.00. The Labute approximate surface area is 146 Å². The van der Waals surface area contributed by atoms with E-state index in [1.165, 1.54) is 0 Å². The number of aliphatic hydroxyl groups excluding tert-OH is 1. The van der Waals surface area contributed by atoms with Gasteiger partial charge in [-0.25, -0.2) is 8.42 Å². The molecule has 1 aliphatic rings. The third kappa shape index (κ3) is 9.90. The van der Waals surface area contributed by atoms with Crippen molar-refractivity contribution in [3.8, 4) is 0 Å². The summed E-state index contributed by atoms with van der Waals surface area (Å²) < 4.78 is 24.8. The summed E-state index contributed by atoms with van der Waals surface area (Å²) in [7, 11) is -2.71. The summed E-state index contributed by atoms with van der Waals surface area (Å²) in [6.45, 7) is 5.44. The molecule has 2 N–H and O–H groups in total. The van der Waals surface area contributed by atoms with Crippen LogP contribution in [0.3, 0.4) is 0 Å². The second kappa shape index (κ2) is 12.4. The minimum absolute atomic E-state index is 0.